The summed E-state index contributed by atoms with van der Waals surface area (Å²) in [6.45, 7) is 0. The summed E-state index contributed by atoms with van der Waals surface area (Å²) in [5.41, 5.74) is 0. The van der Waals surface area contributed by atoms with Crippen LogP contribution in [0, 0.1) is 0 Å². The number of halogens is 10. The molecule has 0 aliphatic rings. The van der Waals surface area contributed by atoms with Crippen molar-refractivity contribution < 1.29 is 14.8 Å². The molecule has 0 atom stereocenters. The van der Waals surface area contributed by atoms with Gasteiger partial charge in [0.2, 0.25) is 0 Å². The van der Waals surface area contributed by atoms with Gasteiger partial charge in [-0.2, -0.15) is 0 Å². The van der Waals surface area contributed by atoms with Gasteiger partial charge < -0.3 is 0 Å². The molecule has 0 saturated carbocycles. The first kappa shape index (κ1) is 24.1. The van der Waals surface area contributed by atoms with Gasteiger partial charge in [0.15, 0.2) is 11.5 Å². The molecule has 0 radical (unpaired) electrons. The number of hydrogen-bond acceptors (Lipinski definition) is 3. The van der Waals surface area contributed by atoms with Gasteiger partial charge in [0.1, 0.15) is 0 Å². The second kappa shape index (κ2) is 10.2. The lowest BCUT2D eigenvalue weighted by molar-refractivity contribution is -0.412. The zero-order chi connectivity index (χ0) is 19.0. The van der Waals surface area contributed by atoms with Crippen LogP contribution in [0.15, 0.2) is 44.7 Å². The average Bonchev–Trinajstić information content (AvgIpc) is 2.60. The highest BCUT2D eigenvalue weighted by Crippen LogP contribution is 2.50. The van der Waals surface area contributed by atoms with Gasteiger partial charge in [0, 0.05) is 14.0 Å². The third-order valence-corrected chi connectivity index (χ3v) is 14.6. The van der Waals surface area contributed by atoms with Crippen LogP contribution >= 0.6 is 159 Å². The largest absolute Gasteiger partial charge is 0.297 e. The molecular weight excluding hydrogens is 991 g/mol. The van der Waals surface area contributed by atoms with Gasteiger partial charge >= 0.3 is 0 Å². The summed E-state index contributed by atoms with van der Waals surface area (Å²) in [6.07, 6.45) is 0. The molecule has 0 amide bonds. The van der Waals surface area contributed by atoms with Crippen molar-refractivity contribution in [2.75, 3.05) is 0 Å². The molecule has 0 aromatic heterocycles. The van der Waals surface area contributed by atoms with Gasteiger partial charge in [-0.1, -0.05) is 0 Å². The summed E-state index contributed by atoms with van der Waals surface area (Å²) in [5, 5.41) is 4.99. The first-order chi connectivity index (χ1) is 11.6. The van der Waals surface area contributed by atoms with Crippen molar-refractivity contribution in [3.05, 3.63) is 44.7 Å². The monoisotopic (exact) mass is 981 g/mol. The Kier molecular flexibility index (Phi) is 9.83. The third kappa shape index (κ3) is 5.11. The summed E-state index contributed by atoms with van der Waals surface area (Å²) in [4.78, 5) is 10.7. The Morgan fingerprint density at radius 1 is 0.320 bits per heavy atom. The Morgan fingerprint density at radius 2 is 0.520 bits per heavy atom. The van der Waals surface area contributed by atoms with Crippen LogP contribution in [0.5, 0.6) is 11.5 Å². The molecule has 0 aliphatic carbocycles. The van der Waals surface area contributed by atoms with E-state index in [-0.39, 0.29) is 0 Å². The fourth-order valence-electron chi connectivity index (χ4n) is 1.40. The van der Waals surface area contributed by atoms with Crippen LogP contribution in [-0.2, 0) is 5.04 Å². The van der Waals surface area contributed by atoms with Gasteiger partial charge in [0.05, 0.1) is 35.8 Å². The van der Waals surface area contributed by atoms with Gasteiger partial charge in [-0.25, -0.2) is 0 Å². The molecule has 0 saturated heterocycles. The predicted molar refractivity (Wildman–Crippen MR) is 132 cm³/mol. The van der Waals surface area contributed by atoms with Crippen molar-refractivity contribution in [2.24, 2.45) is 0 Å². The van der Waals surface area contributed by atoms with Crippen molar-refractivity contribution in [2.45, 2.75) is 0 Å². The Balaban J connectivity index is 2.29. The molecule has 2 aromatic rings. The quantitative estimate of drug-likeness (QED) is 0.132. The molecular formula is C12Br10O3. The van der Waals surface area contributed by atoms with Crippen molar-refractivity contribution >= 4 is 159 Å². The maximum absolute atomic E-state index is 5.33. The molecule has 3 nitrogen and oxygen atoms in total. The minimum Gasteiger partial charge on any atom is -0.297 e. The van der Waals surface area contributed by atoms with Crippen molar-refractivity contribution in [1.82, 2.24) is 0 Å². The van der Waals surface area contributed by atoms with E-state index in [1.807, 2.05) is 0 Å². The Bertz CT molecular complexity index is 727. The van der Waals surface area contributed by atoms with Gasteiger partial charge in [0.25, 0.3) is 0 Å². The van der Waals surface area contributed by atoms with Crippen molar-refractivity contribution in [3.8, 4) is 11.5 Å². The van der Waals surface area contributed by atoms with E-state index in [2.05, 4.69) is 159 Å². The van der Waals surface area contributed by atoms with Gasteiger partial charge in [-0.3, -0.25) is 9.78 Å². The van der Waals surface area contributed by atoms with Crippen LogP contribution < -0.4 is 9.78 Å². The zero-order valence-corrected chi connectivity index (χ0v) is 26.9. The minimum atomic E-state index is 0.379. The average molecular weight is 991 g/mol. The van der Waals surface area contributed by atoms with E-state index in [1.165, 1.54) is 0 Å². The smallest absolute Gasteiger partial charge is 0.200 e. The minimum absolute atomic E-state index is 0.379. The first-order valence-electron chi connectivity index (χ1n) is 5.63. The van der Waals surface area contributed by atoms with E-state index >= 15 is 0 Å². The topological polar surface area (TPSA) is 27.7 Å². The molecule has 0 spiro atoms. The van der Waals surface area contributed by atoms with Crippen LogP contribution in [0.1, 0.15) is 0 Å². The van der Waals surface area contributed by atoms with E-state index < -0.39 is 0 Å². The van der Waals surface area contributed by atoms with Crippen molar-refractivity contribution in [3.63, 3.8) is 0 Å². The zero-order valence-electron chi connectivity index (χ0n) is 11.0. The molecule has 0 aliphatic heterocycles. The molecule has 0 N–H and O–H groups in total. The molecule has 25 heavy (non-hydrogen) atoms. The fraction of sp³-hybridized carbons (Fsp3) is 0. The highest BCUT2D eigenvalue weighted by molar-refractivity contribution is 9.16. The Hall–Kier alpha value is 2.80. The molecule has 2 aromatic carbocycles. The molecule has 0 fully saturated rings. The Morgan fingerprint density at radius 3 is 0.760 bits per heavy atom. The highest BCUT2D eigenvalue weighted by Gasteiger charge is 2.23. The summed E-state index contributed by atoms with van der Waals surface area (Å²) in [6, 6.07) is 0. The molecule has 0 unspecified atom stereocenters. The second-order valence-electron chi connectivity index (χ2n) is 4.03. The van der Waals surface area contributed by atoms with Crippen LogP contribution in [0.25, 0.3) is 0 Å². The lowest BCUT2D eigenvalue weighted by atomic mass is 10.3. The van der Waals surface area contributed by atoms with E-state index in [9.17, 15) is 0 Å². The third-order valence-electron chi connectivity index (χ3n) is 2.57. The fourth-order valence-corrected chi connectivity index (χ4v) is 7.69. The van der Waals surface area contributed by atoms with E-state index in [0.717, 1.165) is 26.8 Å². The first-order valence-corrected chi connectivity index (χ1v) is 13.6. The van der Waals surface area contributed by atoms with E-state index in [4.69, 9.17) is 14.8 Å². The maximum atomic E-state index is 5.33. The van der Waals surface area contributed by atoms with Gasteiger partial charge in [-0.05, 0) is 159 Å². The summed E-state index contributed by atoms with van der Waals surface area (Å²) < 4.78 is 7.15. The van der Waals surface area contributed by atoms with Crippen molar-refractivity contribution in [1.29, 1.82) is 0 Å². The number of benzene rings is 2. The summed E-state index contributed by atoms with van der Waals surface area (Å²) >= 11 is 34.4. The lowest BCUT2D eigenvalue weighted by Crippen LogP contribution is -2.05. The van der Waals surface area contributed by atoms with E-state index in [1.54, 1.807) is 0 Å². The number of hydrogen-bond donors (Lipinski definition) is 0. The predicted octanol–water partition coefficient (Wildman–Crippen LogP) is 10.6. The second-order valence-corrected chi connectivity index (χ2v) is 12.0. The standard InChI is InChI=1S/C12Br10O3/c13-1-3(15)7(19)11(8(20)4(1)16)23-25-24-12-9(21)5(17)2(14)6(18)10(12)22. The highest BCUT2D eigenvalue weighted by atomic mass is 79.9. The van der Waals surface area contributed by atoms with E-state index in [0.29, 0.717) is 29.4 Å². The SMILES string of the molecule is Brc1c(Br)c(Br)c(OOOc2c(Br)c(Br)c(Br)c(Br)c2Br)c(Br)c1Br. The lowest BCUT2D eigenvalue weighted by Gasteiger charge is -2.14. The summed E-state index contributed by atoms with van der Waals surface area (Å²) in [7, 11) is 0. The van der Waals surface area contributed by atoms with Crippen LogP contribution in [-0.4, -0.2) is 0 Å². The normalized spacial score (nSPS) is 11.0. The van der Waals surface area contributed by atoms with Gasteiger partial charge in [-0.15, -0.1) is 0 Å². The summed E-state index contributed by atoms with van der Waals surface area (Å²) in [5.74, 6) is 0.758. The van der Waals surface area contributed by atoms with Crippen LogP contribution in [0.3, 0.4) is 0 Å². The molecule has 2 rings (SSSR count). The maximum Gasteiger partial charge on any atom is 0.200 e. The molecule has 0 bridgehead atoms. The molecule has 13 heteroatoms. The van der Waals surface area contributed by atoms with Crippen LogP contribution in [0.4, 0.5) is 0 Å². The number of rotatable bonds is 4. The van der Waals surface area contributed by atoms with Crippen LogP contribution in [0.2, 0.25) is 0 Å². The molecule has 136 valence electrons. The Labute approximate surface area is 226 Å². The molecule has 0 heterocycles.